The van der Waals surface area contributed by atoms with Gasteiger partial charge < -0.3 is 15.3 Å². The average molecular weight is 296 g/mol. The lowest BCUT2D eigenvalue weighted by atomic mass is 9.73. The number of aliphatic hydroxyl groups is 1. The van der Waals surface area contributed by atoms with Gasteiger partial charge in [0.2, 0.25) is 0 Å². The summed E-state index contributed by atoms with van der Waals surface area (Å²) in [5.41, 5.74) is 0.491. The van der Waals surface area contributed by atoms with E-state index in [1.165, 1.54) is 64.6 Å². The zero-order valence-electron chi connectivity index (χ0n) is 14.2. The fourth-order valence-corrected chi connectivity index (χ4v) is 4.24. The molecule has 0 aromatic rings. The molecule has 0 spiro atoms. The van der Waals surface area contributed by atoms with Gasteiger partial charge in [-0.2, -0.15) is 0 Å². The van der Waals surface area contributed by atoms with Crippen LogP contribution < -0.4 is 5.32 Å². The van der Waals surface area contributed by atoms with Gasteiger partial charge >= 0.3 is 0 Å². The topological polar surface area (TPSA) is 35.5 Å². The Kier molecular flexibility index (Phi) is 6.97. The maximum absolute atomic E-state index is 9.44. The summed E-state index contributed by atoms with van der Waals surface area (Å²) in [4.78, 5) is 2.65. The standard InChI is InChI=1S/C18H36N2O/c1-16(2)11-19-14-18(8-4-3-5-9-18)15-20-10-6-7-17(12-20)13-21/h16-17,19,21H,3-15H2,1-2H3. The van der Waals surface area contributed by atoms with Crippen LogP contribution >= 0.6 is 0 Å². The number of likely N-dealkylation sites (tertiary alicyclic amines) is 1. The molecule has 1 saturated carbocycles. The van der Waals surface area contributed by atoms with E-state index in [0.717, 1.165) is 19.0 Å². The lowest BCUT2D eigenvalue weighted by Gasteiger charge is -2.44. The molecular formula is C18H36N2O. The Balaban J connectivity index is 1.88. The highest BCUT2D eigenvalue weighted by Gasteiger charge is 2.34. The molecule has 1 atom stereocenters. The van der Waals surface area contributed by atoms with Crippen LogP contribution in [-0.2, 0) is 0 Å². The first-order valence-electron chi connectivity index (χ1n) is 9.17. The highest BCUT2D eigenvalue weighted by atomic mass is 16.3. The predicted molar refractivity (Wildman–Crippen MR) is 89.5 cm³/mol. The van der Waals surface area contributed by atoms with Gasteiger partial charge in [0.15, 0.2) is 0 Å². The van der Waals surface area contributed by atoms with Crippen molar-refractivity contribution in [3.63, 3.8) is 0 Å². The molecule has 0 amide bonds. The molecule has 0 bridgehead atoms. The first-order valence-corrected chi connectivity index (χ1v) is 9.17. The monoisotopic (exact) mass is 296 g/mol. The summed E-state index contributed by atoms with van der Waals surface area (Å²) in [5, 5.41) is 13.2. The lowest BCUT2D eigenvalue weighted by Crippen LogP contribution is -2.49. The first-order chi connectivity index (χ1) is 10.1. The largest absolute Gasteiger partial charge is 0.396 e. The zero-order valence-corrected chi connectivity index (χ0v) is 14.2. The Labute approximate surface area is 131 Å². The molecule has 124 valence electrons. The summed E-state index contributed by atoms with van der Waals surface area (Å²) in [6.07, 6.45) is 9.48. The summed E-state index contributed by atoms with van der Waals surface area (Å²) in [5.74, 6) is 1.25. The van der Waals surface area contributed by atoms with Crippen LogP contribution in [-0.4, -0.2) is 49.3 Å². The fourth-order valence-electron chi connectivity index (χ4n) is 4.24. The first kappa shape index (κ1) is 17.2. The van der Waals surface area contributed by atoms with E-state index in [1.807, 2.05) is 0 Å². The number of piperidine rings is 1. The van der Waals surface area contributed by atoms with E-state index in [-0.39, 0.29) is 0 Å². The van der Waals surface area contributed by atoms with Crippen molar-refractivity contribution < 1.29 is 5.11 Å². The number of nitrogens with one attached hydrogen (secondary N) is 1. The minimum absolute atomic E-state index is 0.370. The van der Waals surface area contributed by atoms with Crippen LogP contribution in [0, 0.1) is 17.3 Å². The highest BCUT2D eigenvalue weighted by Crippen LogP contribution is 2.37. The van der Waals surface area contributed by atoms with Crippen LogP contribution in [0.2, 0.25) is 0 Å². The summed E-state index contributed by atoms with van der Waals surface area (Å²) >= 11 is 0. The molecule has 1 aliphatic heterocycles. The Morgan fingerprint density at radius 1 is 1.19 bits per heavy atom. The Hall–Kier alpha value is -0.120. The molecule has 21 heavy (non-hydrogen) atoms. The van der Waals surface area contributed by atoms with E-state index in [4.69, 9.17) is 0 Å². The van der Waals surface area contributed by atoms with Crippen LogP contribution in [0.1, 0.15) is 58.8 Å². The minimum Gasteiger partial charge on any atom is -0.396 e. The molecule has 0 aromatic carbocycles. The summed E-state index contributed by atoms with van der Waals surface area (Å²) < 4.78 is 0. The second kappa shape index (κ2) is 8.50. The van der Waals surface area contributed by atoms with Crippen LogP contribution in [0.5, 0.6) is 0 Å². The number of hydrogen-bond acceptors (Lipinski definition) is 3. The number of hydrogen-bond donors (Lipinski definition) is 2. The third kappa shape index (κ3) is 5.54. The van der Waals surface area contributed by atoms with Gasteiger partial charge in [0, 0.05) is 26.2 Å². The maximum Gasteiger partial charge on any atom is 0.0471 e. The lowest BCUT2D eigenvalue weighted by molar-refractivity contribution is 0.0571. The molecule has 2 N–H and O–H groups in total. The average Bonchev–Trinajstić information content (AvgIpc) is 2.48. The molecule has 2 fully saturated rings. The van der Waals surface area contributed by atoms with Gasteiger partial charge in [-0.05, 0) is 56.0 Å². The van der Waals surface area contributed by atoms with Crippen molar-refractivity contribution in [3.8, 4) is 0 Å². The van der Waals surface area contributed by atoms with Crippen molar-refractivity contribution >= 4 is 0 Å². The predicted octanol–water partition coefficient (Wildman–Crippen LogP) is 2.89. The number of nitrogens with zero attached hydrogens (tertiary/aromatic N) is 1. The third-order valence-corrected chi connectivity index (χ3v) is 5.39. The maximum atomic E-state index is 9.44. The van der Waals surface area contributed by atoms with E-state index >= 15 is 0 Å². The van der Waals surface area contributed by atoms with Gasteiger partial charge in [0.1, 0.15) is 0 Å². The SMILES string of the molecule is CC(C)CNCC1(CN2CCCC(CO)C2)CCCCC1. The molecule has 0 aromatic heterocycles. The van der Waals surface area contributed by atoms with Crippen molar-refractivity contribution in [3.05, 3.63) is 0 Å². The van der Waals surface area contributed by atoms with E-state index in [9.17, 15) is 5.11 Å². The molecule has 1 unspecified atom stereocenters. The third-order valence-electron chi connectivity index (χ3n) is 5.39. The van der Waals surface area contributed by atoms with Crippen molar-refractivity contribution in [1.29, 1.82) is 0 Å². The summed E-state index contributed by atoms with van der Waals surface area (Å²) in [6.45, 7) is 10.9. The van der Waals surface area contributed by atoms with Crippen molar-refractivity contribution in [2.24, 2.45) is 17.3 Å². The Bertz CT molecular complexity index is 287. The minimum atomic E-state index is 0.370. The molecule has 3 heteroatoms. The summed E-state index contributed by atoms with van der Waals surface area (Å²) in [6, 6.07) is 0. The van der Waals surface area contributed by atoms with E-state index < -0.39 is 0 Å². The van der Waals surface area contributed by atoms with E-state index in [0.29, 0.717) is 17.9 Å². The van der Waals surface area contributed by atoms with Crippen LogP contribution in [0.15, 0.2) is 0 Å². The molecule has 3 nitrogen and oxygen atoms in total. The smallest absolute Gasteiger partial charge is 0.0471 e. The molecule has 1 heterocycles. The van der Waals surface area contributed by atoms with Crippen LogP contribution in [0.3, 0.4) is 0 Å². The normalized spacial score (nSPS) is 27.1. The molecule has 1 aliphatic carbocycles. The van der Waals surface area contributed by atoms with Crippen LogP contribution in [0.25, 0.3) is 0 Å². The van der Waals surface area contributed by atoms with Gasteiger partial charge in [-0.25, -0.2) is 0 Å². The summed E-state index contributed by atoms with van der Waals surface area (Å²) in [7, 11) is 0. The number of rotatable bonds is 7. The van der Waals surface area contributed by atoms with Crippen molar-refractivity contribution in [2.75, 3.05) is 39.3 Å². The fraction of sp³-hybridized carbons (Fsp3) is 1.00. The molecule has 2 aliphatic rings. The molecule has 2 rings (SSSR count). The molecule has 1 saturated heterocycles. The van der Waals surface area contributed by atoms with Gasteiger partial charge in [-0.3, -0.25) is 0 Å². The van der Waals surface area contributed by atoms with E-state index in [1.54, 1.807) is 0 Å². The van der Waals surface area contributed by atoms with Crippen molar-refractivity contribution in [2.45, 2.75) is 58.8 Å². The Morgan fingerprint density at radius 3 is 2.62 bits per heavy atom. The molecule has 0 radical (unpaired) electrons. The van der Waals surface area contributed by atoms with Crippen LogP contribution in [0.4, 0.5) is 0 Å². The highest BCUT2D eigenvalue weighted by molar-refractivity contribution is 4.89. The second-order valence-corrected chi connectivity index (χ2v) is 8.01. The zero-order chi connectivity index (χ0) is 15.1. The van der Waals surface area contributed by atoms with Gasteiger partial charge in [0.25, 0.3) is 0 Å². The van der Waals surface area contributed by atoms with Gasteiger partial charge in [0.05, 0.1) is 0 Å². The Morgan fingerprint density at radius 2 is 1.95 bits per heavy atom. The molecular weight excluding hydrogens is 260 g/mol. The van der Waals surface area contributed by atoms with Crippen molar-refractivity contribution in [1.82, 2.24) is 10.2 Å². The number of aliphatic hydroxyl groups excluding tert-OH is 1. The quantitative estimate of drug-likeness (QED) is 0.758. The van der Waals surface area contributed by atoms with Gasteiger partial charge in [-0.15, -0.1) is 0 Å². The second-order valence-electron chi connectivity index (χ2n) is 8.01. The van der Waals surface area contributed by atoms with Gasteiger partial charge in [-0.1, -0.05) is 33.1 Å². The van der Waals surface area contributed by atoms with E-state index in [2.05, 4.69) is 24.1 Å².